The maximum Gasteiger partial charge on any atom is 0.123 e. The Morgan fingerprint density at radius 2 is 2.15 bits per heavy atom. The molecule has 0 aromatic heterocycles. The number of hydrogen-bond donors (Lipinski definition) is 1. The van der Waals surface area contributed by atoms with E-state index in [2.05, 4.69) is 28.4 Å². The first-order chi connectivity index (χ1) is 9.86. The van der Waals surface area contributed by atoms with Crippen LogP contribution in [0.1, 0.15) is 31.2 Å². The molecular formula is C17H26N2O. The van der Waals surface area contributed by atoms with Gasteiger partial charge in [-0.2, -0.15) is 0 Å². The van der Waals surface area contributed by atoms with E-state index in [1.54, 1.807) is 7.11 Å². The molecule has 0 amide bonds. The van der Waals surface area contributed by atoms with Crippen molar-refractivity contribution in [1.29, 1.82) is 0 Å². The highest BCUT2D eigenvalue weighted by molar-refractivity contribution is 5.33. The van der Waals surface area contributed by atoms with Gasteiger partial charge in [-0.25, -0.2) is 0 Å². The molecule has 1 aromatic rings. The molecule has 2 unspecified atom stereocenters. The summed E-state index contributed by atoms with van der Waals surface area (Å²) in [6.45, 7) is 4.69. The first-order valence-corrected chi connectivity index (χ1v) is 7.94. The summed E-state index contributed by atoms with van der Waals surface area (Å²) in [4.78, 5) is 2.60. The Balaban J connectivity index is 1.62. The maximum atomic E-state index is 5.47. The lowest BCUT2D eigenvalue weighted by Gasteiger charge is -2.36. The number of likely N-dealkylation sites (tertiary alicyclic amines) is 1. The van der Waals surface area contributed by atoms with Crippen molar-refractivity contribution in [2.24, 2.45) is 5.92 Å². The molecule has 0 spiro atoms. The average molecular weight is 274 g/mol. The van der Waals surface area contributed by atoms with E-state index in [4.69, 9.17) is 4.74 Å². The summed E-state index contributed by atoms with van der Waals surface area (Å²) in [5.74, 6) is 1.86. The number of benzene rings is 1. The second-order valence-corrected chi connectivity index (χ2v) is 6.15. The van der Waals surface area contributed by atoms with Gasteiger partial charge in [0.1, 0.15) is 5.75 Å². The van der Waals surface area contributed by atoms with Crippen LogP contribution >= 0.6 is 0 Å². The van der Waals surface area contributed by atoms with E-state index >= 15 is 0 Å². The van der Waals surface area contributed by atoms with E-state index in [0.29, 0.717) is 0 Å². The molecule has 3 heteroatoms. The molecule has 0 radical (unpaired) electrons. The smallest absolute Gasteiger partial charge is 0.123 e. The van der Waals surface area contributed by atoms with Gasteiger partial charge in [-0.05, 0) is 50.8 Å². The third-order valence-corrected chi connectivity index (χ3v) is 4.80. The van der Waals surface area contributed by atoms with Gasteiger partial charge >= 0.3 is 0 Å². The van der Waals surface area contributed by atoms with Crippen LogP contribution in [0.3, 0.4) is 0 Å². The molecule has 3 rings (SSSR count). The van der Waals surface area contributed by atoms with Crippen molar-refractivity contribution in [3.05, 3.63) is 29.8 Å². The Hall–Kier alpha value is -1.06. The predicted octanol–water partition coefficient (Wildman–Crippen LogP) is 2.66. The second kappa shape index (κ2) is 6.59. The molecule has 0 bridgehead atoms. The number of rotatable bonds is 4. The van der Waals surface area contributed by atoms with Crippen molar-refractivity contribution < 1.29 is 4.74 Å². The molecule has 2 aliphatic heterocycles. The van der Waals surface area contributed by atoms with Crippen LogP contribution in [-0.4, -0.2) is 37.7 Å². The van der Waals surface area contributed by atoms with Gasteiger partial charge in [0.25, 0.3) is 0 Å². The van der Waals surface area contributed by atoms with Gasteiger partial charge in [-0.3, -0.25) is 4.90 Å². The zero-order valence-corrected chi connectivity index (χ0v) is 12.5. The van der Waals surface area contributed by atoms with Gasteiger partial charge in [-0.1, -0.05) is 18.2 Å². The average Bonchev–Trinajstić information content (AvgIpc) is 3.02. The first-order valence-electron chi connectivity index (χ1n) is 7.94. The van der Waals surface area contributed by atoms with Crippen LogP contribution in [-0.2, 0) is 6.54 Å². The minimum absolute atomic E-state index is 0.760. The Morgan fingerprint density at radius 3 is 2.95 bits per heavy atom. The number of hydrogen-bond acceptors (Lipinski definition) is 3. The van der Waals surface area contributed by atoms with E-state index in [1.165, 1.54) is 50.9 Å². The highest BCUT2D eigenvalue weighted by Gasteiger charge is 2.29. The Kier molecular flexibility index (Phi) is 4.58. The summed E-state index contributed by atoms with van der Waals surface area (Å²) < 4.78 is 5.47. The van der Waals surface area contributed by atoms with Crippen LogP contribution < -0.4 is 10.1 Å². The normalized spacial score (nSPS) is 27.6. The number of ether oxygens (including phenoxy) is 1. The zero-order valence-electron chi connectivity index (χ0n) is 12.5. The van der Waals surface area contributed by atoms with Gasteiger partial charge < -0.3 is 10.1 Å². The third-order valence-electron chi connectivity index (χ3n) is 4.80. The van der Waals surface area contributed by atoms with Crippen LogP contribution in [0, 0.1) is 5.92 Å². The summed E-state index contributed by atoms with van der Waals surface area (Å²) in [5, 5.41) is 3.68. The predicted molar refractivity (Wildman–Crippen MR) is 82.0 cm³/mol. The number of nitrogens with one attached hydrogen (secondary N) is 1. The van der Waals surface area contributed by atoms with Crippen molar-refractivity contribution >= 4 is 0 Å². The van der Waals surface area contributed by atoms with Gasteiger partial charge in [0, 0.05) is 24.7 Å². The minimum Gasteiger partial charge on any atom is -0.496 e. The molecule has 2 fully saturated rings. The molecular weight excluding hydrogens is 248 g/mol. The molecule has 2 aliphatic rings. The van der Waals surface area contributed by atoms with Crippen LogP contribution in [0.15, 0.2) is 24.3 Å². The Bertz CT molecular complexity index is 429. The molecule has 110 valence electrons. The van der Waals surface area contributed by atoms with E-state index in [-0.39, 0.29) is 0 Å². The minimum atomic E-state index is 0.760. The summed E-state index contributed by atoms with van der Waals surface area (Å²) in [6.07, 6.45) is 5.44. The fraction of sp³-hybridized carbons (Fsp3) is 0.647. The SMILES string of the molecule is COc1ccccc1CN1CCCC(C2CCCN2)C1. The molecule has 1 N–H and O–H groups in total. The lowest BCUT2D eigenvalue weighted by Crippen LogP contribution is -2.43. The monoisotopic (exact) mass is 274 g/mol. The highest BCUT2D eigenvalue weighted by Crippen LogP contribution is 2.27. The fourth-order valence-corrected chi connectivity index (χ4v) is 3.75. The van der Waals surface area contributed by atoms with Crippen molar-refractivity contribution in [2.45, 2.75) is 38.3 Å². The van der Waals surface area contributed by atoms with Gasteiger partial charge in [0.05, 0.1) is 7.11 Å². The van der Waals surface area contributed by atoms with E-state index in [1.807, 2.05) is 6.07 Å². The number of piperidine rings is 1. The molecule has 3 nitrogen and oxygen atoms in total. The van der Waals surface area contributed by atoms with Gasteiger partial charge in [0.2, 0.25) is 0 Å². The first kappa shape index (κ1) is 13.9. The van der Waals surface area contributed by atoms with Crippen molar-refractivity contribution in [2.75, 3.05) is 26.7 Å². The van der Waals surface area contributed by atoms with E-state index < -0.39 is 0 Å². The molecule has 0 saturated carbocycles. The van der Waals surface area contributed by atoms with Crippen LogP contribution in [0.4, 0.5) is 0 Å². The van der Waals surface area contributed by atoms with Crippen molar-refractivity contribution in [1.82, 2.24) is 10.2 Å². The van der Waals surface area contributed by atoms with E-state index in [9.17, 15) is 0 Å². The summed E-state index contributed by atoms with van der Waals surface area (Å²) >= 11 is 0. The standard InChI is InChI=1S/C17H26N2O/c1-20-17-9-3-2-6-15(17)13-19-11-5-7-14(12-19)16-8-4-10-18-16/h2-3,6,9,14,16,18H,4-5,7-8,10-13H2,1H3. The van der Waals surface area contributed by atoms with E-state index in [0.717, 1.165) is 24.3 Å². The lowest BCUT2D eigenvalue weighted by atomic mass is 9.89. The molecule has 2 atom stereocenters. The van der Waals surface area contributed by atoms with Crippen LogP contribution in [0.25, 0.3) is 0 Å². The number of nitrogens with zero attached hydrogens (tertiary/aromatic N) is 1. The zero-order chi connectivity index (χ0) is 13.8. The van der Waals surface area contributed by atoms with Crippen molar-refractivity contribution in [3.63, 3.8) is 0 Å². The molecule has 1 aromatic carbocycles. The maximum absolute atomic E-state index is 5.47. The number of methoxy groups -OCH3 is 1. The molecule has 2 saturated heterocycles. The number of para-hydroxylation sites is 1. The topological polar surface area (TPSA) is 24.5 Å². The lowest BCUT2D eigenvalue weighted by molar-refractivity contribution is 0.144. The molecule has 0 aliphatic carbocycles. The van der Waals surface area contributed by atoms with Crippen molar-refractivity contribution in [3.8, 4) is 5.75 Å². The van der Waals surface area contributed by atoms with Gasteiger partial charge in [0.15, 0.2) is 0 Å². The summed E-state index contributed by atoms with van der Waals surface area (Å²) in [6, 6.07) is 9.17. The Labute approximate surface area is 122 Å². The summed E-state index contributed by atoms with van der Waals surface area (Å²) in [7, 11) is 1.76. The summed E-state index contributed by atoms with van der Waals surface area (Å²) in [5.41, 5.74) is 1.31. The second-order valence-electron chi connectivity index (χ2n) is 6.15. The third kappa shape index (κ3) is 3.15. The molecule has 20 heavy (non-hydrogen) atoms. The largest absolute Gasteiger partial charge is 0.496 e. The highest BCUT2D eigenvalue weighted by atomic mass is 16.5. The molecule has 2 heterocycles. The van der Waals surface area contributed by atoms with Crippen LogP contribution in [0.5, 0.6) is 5.75 Å². The van der Waals surface area contributed by atoms with Gasteiger partial charge in [-0.15, -0.1) is 0 Å². The quantitative estimate of drug-likeness (QED) is 0.913. The Morgan fingerprint density at radius 1 is 1.25 bits per heavy atom. The van der Waals surface area contributed by atoms with Crippen LogP contribution in [0.2, 0.25) is 0 Å². The fourth-order valence-electron chi connectivity index (χ4n) is 3.75.